The number of benzene rings is 1. The highest BCUT2D eigenvalue weighted by Gasteiger charge is 2.21. The SMILES string of the molecule is COc1ccc(CC(C)N[C@H]2CCCCNC2=O)cc1. The third-order valence-electron chi connectivity index (χ3n) is 3.72. The molecule has 4 nitrogen and oxygen atoms in total. The van der Waals surface area contributed by atoms with Crippen LogP contribution in [0.5, 0.6) is 5.75 Å². The van der Waals surface area contributed by atoms with E-state index >= 15 is 0 Å². The second-order valence-electron chi connectivity index (χ2n) is 5.46. The summed E-state index contributed by atoms with van der Waals surface area (Å²) in [5, 5.41) is 6.40. The number of amides is 1. The fourth-order valence-electron chi connectivity index (χ4n) is 2.62. The van der Waals surface area contributed by atoms with Gasteiger partial charge >= 0.3 is 0 Å². The molecule has 1 fully saturated rings. The van der Waals surface area contributed by atoms with E-state index in [0.717, 1.165) is 38.0 Å². The Morgan fingerprint density at radius 1 is 1.35 bits per heavy atom. The maximum atomic E-state index is 11.9. The van der Waals surface area contributed by atoms with Crippen molar-refractivity contribution >= 4 is 5.91 Å². The van der Waals surface area contributed by atoms with Gasteiger partial charge in [-0.05, 0) is 50.3 Å². The molecular formula is C16H24N2O2. The molecule has 4 heteroatoms. The summed E-state index contributed by atoms with van der Waals surface area (Å²) in [6.07, 6.45) is 4.02. The number of carbonyl (C=O) groups excluding carboxylic acids is 1. The van der Waals surface area contributed by atoms with Crippen LogP contribution < -0.4 is 15.4 Å². The van der Waals surface area contributed by atoms with E-state index in [1.54, 1.807) is 7.11 Å². The maximum absolute atomic E-state index is 11.9. The van der Waals surface area contributed by atoms with Gasteiger partial charge in [-0.2, -0.15) is 0 Å². The first-order valence-electron chi connectivity index (χ1n) is 7.35. The van der Waals surface area contributed by atoms with Crippen molar-refractivity contribution < 1.29 is 9.53 Å². The number of carbonyl (C=O) groups is 1. The van der Waals surface area contributed by atoms with Gasteiger partial charge in [-0.1, -0.05) is 12.1 Å². The lowest BCUT2D eigenvalue weighted by Gasteiger charge is -2.21. The third-order valence-corrected chi connectivity index (χ3v) is 3.72. The number of ether oxygens (including phenoxy) is 1. The van der Waals surface area contributed by atoms with Crippen molar-refractivity contribution in [1.29, 1.82) is 0 Å². The quantitative estimate of drug-likeness (QED) is 0.863. The molecular weight excluding hydrogens is 252 g/mol. The predicted molar refractivity (Wildman–Crippen MR) is 79.9 cm³/mol. The van der Waals surface area contributed by atoms with E-state index in [1.165, 1.54) is 5.56 Å². The maximum Gasteiger partial charge on any atom is 0.237 e. The third kappa shape index (κ3) is 4.23. The van der Waals surface area contributed by atoms with Crippen molar-refractivity contribution in [3.05, 3.63) is 29.8 Å². The highest BCUT2D eigenvalue weighted by molar-refractivity contribution is 5.81. The number of rotatable bonds is 5. The standard InChI is InChI=1S/C16H24N2O2/c1-12(11-13-6-8-14(20-2)9-7-13)18-15-5-3-4-10-17-16(15)19/h6-9,12,15,18H,3-5,10-11H2,1-2H3,(H,17,19)/t12?,15-/m0/s1. The van der Waals surface area contributed by atoms with Crippen LogP contribution in [-0.4, -0.2) is 31.6 Å². The number of hydrogen-bond donors (Lipinski definition) is 2. The normalized spacial score (nSPS) is 20.9. The van der Waals surface area contributed by atoms with Gasteiger partial charge < -0.3 is 15.4 Å². The van der Waals surface area contributed by atoms with E-state index in [1.807, 2.05) is 12.1 Å². The van der Waals surface area contributed by atoms with Crippen LogP contribution in [0.25, 0.3) is 0 Å². The van der Waals surface area contributed by atoms with Crippen LogP contribution in [0.3, 0.4) is 0 Å². The molecule has 1 aromatic rings. The first-order valence-corrected chi connectivity index (χ1v) is 7.35. The zero-order valence-corrected chi connectivity index (χ0v) is 12.3. The smallest absolute Gasteiger partial charge is 0.237 e. The minimum atomic E-state index is -0.0502. The monoisotopic (exact) mass is 276 g/mol. The molecule has 1 unspecified atom stereocenters. The fraction of sp³-hybridized carbons (Fsp3) is 0.562. The molecule has 1 heterocycles. The lowest BCUT2D eigenvalue weighted by Crippen LogP contribution is -2.47. The van der Waals surface area contributed by atoms with Gasteiger partial charge in [0.25, 0.3) is 0 Å². The van der Waals surface area contributed by atoms with Gasteiger partial charge in [0.15, 0.2) is 0 Å². The van der Waals surface area contributed by atoms with Crippen molar-refractivity contribution in [3.63, 3.8) is 0 Å². The highest BCUT2D eigenvalue weighted by atomic mass is 16.5. The molecule has 0 spiro atoms. The lowest BCUT2D eigenvalue weighted by molar-refractivity contribution is -0.123. The van der Waals surface area contributed by atoms with Crippen LogP contribution in [0.15, 0.2) is 24.3 Å². The fourth-order valence-corrected chi connectivity index (χ4v) is 2.62. The molecule has 20 heavy (non-hydrogen) atoms. The zero-order valence-electron chi connectivity index (χ0n) is 12.3. The van der Waals surface area contributed by atoms with Crippen LogP contribution >= 0.6 is 0 Å². The Labute approximate surface area is 120 Å². The first-order chi connectivity index (χ1) is 9.69. The lowest BCUT2D eigenvalue weighted by atomic mass is 10.0. The molecule has 2 rings (SSSR count). The number of hydrogen-bond acceptors (Lipinski definition) is 3. The summed E-state index contributed by atoms with van der Waals surface area (Å²) in [5.41, 5.74) is 1.25. The Kier molecular flexibility index (Phi) is 5.41. The van der Waals surface area contributed by atoms with Crippen molar-refractivity contribution in [1.82, 2.24) is 10.6 Å². The molecule has 2 N–H and O–H groups in total. The summed E-state index contributed by atoms with van der Waals surface area (Å²) in [4.78, 5) is 11.9. The van der Waals surface area contributed by atoms with E-state index in [2.05, 4.69) is 29.7 Å². The number of methoxy groups -OCH3 is 1. The van der Waals surface area contributed by atoms with Crippen molar-refractivity contribution in [2.24, 2.45) is 0 Å². The molecule has 1 amide bonds. The Balaban J connectivity index is 1.87. The molecule has 0 aliphatic carbocycles. The molecule has 110 valence electrons. The van der Waals surface area contributed by atoms with Crippen LogP contribution in [0.4, 0.5) is 0 Å². The van der Waals surface area contributed by atoms with Crippen LogP contribution in [0.2, 0.25) is 0 Å². The Hall–Kier alpha value is -1.55. The summed E-state index contributed by atoms with van der Waals surface area (Å²) in [6.45, 7) is 2.94. The first kappa shape index (κ1) is 14.9. The summed E-state index contributed by atoms with van der Waals surface area (Å²) < 4.78 is 5.16. The van der Waals surface area contributed by atoms with Gasteiger partial charge in [-0.15, -0.1) is 0 Å². The molecule has 1 saturated heterocycles. The van der Waals surface area contributed by atoms with Gasteiger partial charge in [0, 0.05) is 12.6 Å². The molecule has 2 atom stereocenters. The van der Waals surface area contributed by atoms with E-state index in [0.29, 0.717) is 0 Å². The van der Waals surface area contributed by atoms with Gasteiger partial charge in [-0.25, -0.2) is 0 Å². The van der Waals surface area contributed by atoms with E-state index in [-0.39, 0.29) is 18.0 Å². The van der Waals surface area contributed by atoms with Crippen molar-refractivity contribution in [3.8, 4) is 5.75 Å². The summed E-state index contributed by atoms with van der Waals surface area (Å²) >= 11 is 0. The molecule has 0 radical (unpaired) electrons. The van der Waals surface area contributed by atoms with E-state index in [9.17, 15) is 4.79 Å². The van der Waals surface area contributed by atoms with Crippen LogP contribution in [0.1, 0.15) is 31.7 Å². The Bertz CT molecular complexity index is 431. The summed E-state index contributed by atoms with van der Waals surface area (Å²) in [5.74, 6) is 1.02. The van der Waals surface area contributed by atoms with Crippen molar-refractivity contribution in [2.45, 2.75) is 44.7 Å². The summed E-state index contributed by atoms with van der Waals surface area (Å²) in [7, 11) is 1.67. The van der Waals surface area contributed by atoms with E-state index < -0.39 is 0 Å². The number of nitrogens with one attached hydrogen (secondary N) is 2. The molecule has 1 aliphatic heterocycles. The van der Waals surface area contributed by atoms with E-state index in [4.69, 9.17) is 4.74 Å². The molecule has 1 aliphatic rings. The largest absolute Gasteiger partial charge is 0.497 e. The van der Waals surface area contributed by atoms with Gasteiger partial charge in [-0.3, -0.25) is 4.79 Å². The average molecular weight is 276 g/mol. The molecule has 1 aromatic carbocycles. The van der Waals surface area contributed by atoms with Gasteiger partial charge in [0.2, 0.25) is 5.91 Å². The Morgan fingerprint density at radius 2 is 2.10 bits per heavy atom. The molecule has 0 bridgehead atoms. The predicted octanol–water partition coefficient (Wildman–Crippen LogP) is 1.88. The summed E-state index contributed by atoms with van der Waals surface area (Å²) in [6, 6.07) is 8.32. The Morgan fingerprint density at radius 3 is 2.80 bits per heavy atom. The minimum Gasteiger partial charge on any atom is -0.497 e. The topological polar surface area (TPSA) is 50.4 Å². The van der Waals surface area contributed by atoms with Gasteiger partial charge in [0.05, 0.1) is 13.2 Å². The van der Waals surface area contributed by atoms with Crippen LogP contribution in [0, 0.1) is 0 Å². The molecule has 0 aromatic heterocycles. The minimum absolute atomic E-state index is 0.0502. The second-order valence-corrected chi connectivity index (χ2v) is 5.46. The second kappa shape index (κ2) is 7.29. The van der Waals surface area contributed by atoms with Crippen LogP contribution in [-0.2, 0) is 11.2 Å². The molecule has 0 saturated carbocycles. The van der Waals surface area contributed by atoms with Crippen molar-refractivity contribution in [2.75, 3.05) is 13.7 Å². The average Bonchev–Trinajstić information content (AvgIpc) is 2.65. The van der Waals surface area contributed by atoms with Gasteiger partial charge in [0.1, 0.15) is 5.75 Å². The highest BCUT2D eigenvalue weighted by Crippen LogP contribution is 2.13. The zero-order chi connectivity index (χ0) is 14.4.